The smallest absolute Gasteiger partial charge is 0.271 e. The fourth-order valence-electron chi connectivity index (χ4n) is 0.437. The summed E-state index contributed by atoms with van der Waals surface area (Å²) in [6.07, 6.45) is 3.70. The van der Waals surface area contributed by atoms with Crippen molar-refractivity contribution in [2.24, 2.45) is 0 Å². The van der Waals surface area contributed by atoms with Gasteiger partial charge >= 0.3 is 0 Å². The van der Waals surface area contributed by atoms with Crippen molar-refractivity contribution in [3.05, 3.63) is 12.2 Å². The molecule has 0 saturated heterocycles. The highest BCUT2D eigenvalue weighted by Gasteiger charge is 2.25. The first kappa shape index (κ1) is 10.4. The predicted octanol–water partition coefficient (Wildman–Crippen LogP) is 2.62. The van der Waals surface area contributed by atoms with Crippen molar-refractivity contribution in [2.45, 2.75) is 26.6 Å². The molecule has 0 aliphatic carbocycles. The first-order chi connectivity index (χ1) is 4.98. The number of allylic oxidation sites excluding steroid dienone is 1. The number of ether oxygens (including phenoxy) is 1. The Morgan fingerprint density at radius 1 is 1.45 bits per heavy atom. The van der Waals surface area contributed by atoms with E-state index >= 15 is 0 Å². The summed E-state index contributed by atoms with van der Waals surface area (Å²) in [5, 5.41) is 0. The standard InChI is InChI=1S/C8H16O2Si/c1-5-6-7-10-8(9)11(2,3)4/h5-6H,7H2,1-4H3. The Balaban J connectivity index is 3.71. The van der Waals surface area contributed by atoms with Crippen LogP contribution >= 0.6 is 0 Å². The quantitative estimate of drug-likeness (QED) is 0.483. The van der Waals surface area contributed by atoms with Gasteiger partial charge in [-0.15, -0.1) is 0 Å². The summed E-state index contributed by atoms with van der Waals surface area (Å²) in [7, 11) is -1.71. The van der Waals surface area contributed by atoms with Crippen molar-refractivity contribution < 1.29 is 9.53 Å². The fraction of sp³-hybridized carbons (Fsp3) is 0.625. The molecule has 0 bridgehead atoms. The number of carbonyl (C=O) groups excluding carboxylic acids is 1. The van der Waals surface area contributed by atoms with Gasteiger partial charge in [0.25, 0.3) is 5.59 Å². The summed E-state index contributed by atoms with van der Waals surface area (Å²) in [6, 6.07) is 0. The van der Waals surface area contributed by atoms with Crippen molar-refractivity contribution in [1.82, 2.24) is 0 Å². The number of hydrogen-bond donors (Lipinski definition) is 0. The molecule has 0 atom stereocenters. The van der Waals surface area contributed by atoms with Gasteiger partial charge in [0.2, 0.25) is 0 Å². The van der Waals surface area contributed by atoms with Crippen LogP contribution in [0.1, 0.15) is 6.92 Å². The van der Waals surface area contributed by atoms with Crippen molar-refractivity contribution in [2.75, 3.05) is 6.61 Å². The highest BCUT2D eigenvalue weighted by molar-refractivity contribution is 7.02. The minimum absolute atomic E-state index is 0.0180. The van der Waals surface area contributed by atoms with Gasteiger partial charge in [-0.1, -0.05) is 31.8 Å². The predicted molar refractivity (Wildman–Crippen MR) is 49.5 cm³/mol. The molecule has 0 aromatic carbocycles. The zero-order valence-corrected chi connectivity index (χ0v) is 8.68. The molecule has 0 unspecified atom stereocenters. The Kier molecular flexibility index (Phi) is 4.11. The van der Waals surface area contributed by atoms with E-state index in [1.807, 2.05) is 38.7 Å². The van der Waals surface area contributed by atoms with Crippen LogP contribution in [0.4, 0.5) is 4.79 Å². The second kappa shape index (κ2) is 4.33. The van der Waals surface area contributed by atoms with E-state index in [0.717, 1.165) is 0 Å². The highest BCUT2D eigenvalue weighted by Crippen LogP contribution is 2.04. The third-order valence-corrected chi connectivity index (χ3v) is 2.53. The van der Waals surface area contributed by atoms with Gasteiger partial charge in [-0.25, -0.2) is 0 Å². The molecule has 0 heterocycles. The summed E-state index contributed by atoms with van der Waals surface area (Å²) < 4.78 is 4.98. The lowest BCUT2D eigenvalue weighted by Gasteiger charge is -2.12. The topological polar surface area (TPSA) is 26.3 Å². The van der Waals surface area contributed by atoms with Crippen LogP contribution in [-0.2, 0) is 4.74 Å². The molecule has 0 spiro atoms. The van der Waals surface area contributed by atoms with Crippen molar-refractivity contribution in [3.63, 3.8) is 0 Å². The van der Waals surface area contributed by atoms with Crippen LogP contribution in [0.2, 0.25) is 19.6 Å². The van der Waals surface area contributed by atoms with Crippen LogP contribution in [-0.4, -0.2) is 20.3 Å². The molecule has 0 aromatic rings. The van der Waals surface area contributed by atoms with Crippen molar-refractivity contribution in [1.29, 1.82) is 0 Å². The van der Waals surface area contributed by atoms with Gasteiger partial charge < -0.3 is 4.74 Å². The summed E-state index contributed by atoms with van der Waals surface area (Å²) >= 11 is 0. The summed E-state index contributed by atoms with van der Waals surface area (Å²) in [4.78, 5) is 11.1. The lowest BCUT2D eigenvalue weighted by atomic mass is 10.6. The lowest BCUT2D eigenvalue weighted by molar-refractivity contribution is 0.183. The minimum atomic E-state index is -1.71. The molecule has 0 radical (unpaired) electrons. The van der Waals surface area contributed by atoms with Crippen LogP contribution in [0.5, 0.6) is 0 Å². The van der Waals surface area contributed by atoms with Gasteiger partial charge in [0, 0.05) is 0 Å². The van der Waals surface area contributed by atoms with Crippen LogP contribution in [0, 0.1) is 0 Å². The first-order valence-electron chi connectivity index (χ1n) is 3.77. The van der Waals surface area contributed by atoms with Gasteiger partial charge in [-0.3, -0.25) is 4.79 Å². The van der Waals surface area contributed by atoms with Crippen molar-refractivity contribution >= 4 is 13.7 Å². The molecule has 0 fully saturated rings. The van der Waals surface area contributed by atoms with E-state index in [1.165, 1.54) is 0 Å². The Bertz CT molecular complexity index is 156. The van der Waals surface area contributed by atoms with E-state index in [-0.39, 0.29) is 5.59 Å². The summed E-state index contributed by atoms with van der Waals surface area (Å²) in [5.74, 6) is 0. The first-order valence-corrected chi connectivity index (χ1v) is 7.27. The maximum absolute atomic E-state index is 11.1. The Morgan fingerprint density at radius 3 is 2.36 bits per heavy atom. The molecule has 0 rings (SSSR count). The average molecular weight is 172 g/mol. The van der Waals surface area contributed by atoms with E-state index < -0.39 is 8.07 Å². The molecule has 0 saturated carbocycles. The summed E-state index contributed by atoms with van der Waals surface area (Å²) in [5.41, 5.74) is -0.0180. The third-order valence-electron chi connectivity index (χ3n) is 1.16. The number of carbonyl (C=O) groups is 1. The monoisotopic (exact) mass is 172 g/mol. The zero-order chi connectivity index (χ0) is 8.91. The van der Waals surface area contributed by atoms with Gasteiger partial charge in [0.05, 0.1) is 0 Å². The Morgan fingerprint density at radius 2 is 2.00 bits per heavy atom. The second-order valence-corrected chi connectivity index (χ2v) is 8.33. The SMILES string of the molecule is CC=CCOC(=O)[Si](C)(C)C. The Hall–Kier alpha value is -0.573. The molecule has 2 nitrogen and oxygen atoms in total. The molecular formula is C8H16O2Si. The van der Waals surface area contributed by atoms with Crippen LogP contribution in [0.3, 0.4) is 0 Å². The number of hydrogen-bond acceptors (Lipinski definition) is 2. The Labute approximate surface area is 69.3 Å². The van der Waals surface area contributed by atoms with Crippen LogP contribution in [0.25, 0.3) is 0 Å². The largest absolute Gasteiger partial charge is 0.466 e. The van der Waals surface area contributed by atoms with Gasteiger partial charge in [-0.05, 0) is 6.92 Å². The van der Waals surface area contributed by atoms with Crippen molar-refractivity contribution in [3.8, 4) is 0 Å². The average Bonchev–Trinajstić information content (AvgIpc) is 1.86. The molecule has 0 aliphatic rings. The molecular weight excluding hydrogens is 156 g/mol. The molecule has 3 heteroatoms. The molecule has 0 aromatic heterocycles. The molecule has 0 N–H and O–H groups in total. The molecule has 0 aliphatic heterocycles. The van der Waals surface area contributed by atoms with Crippen LogP contribution in [0.15, 0.2) is 12.2 Å². The number of rotatable bonds is 3. The summed E-state index contributed by atoms with van der Waals surface area (Å²) in [6.45, 7) is 8.25. The van der Waals surface area contributed by atoms with E-state index in [1.54, 1.807) is 0 Å². The van der Waals surface area contributed by atoms with Gasteiger partial charge in [-0.2, -0.15) is 0 Å². The van der Waals surface area contributed by atoms with Gasteiger partial charge in [0.15, 0.2) is 8.07 Å². The van der Waals surface area contributed by atoms with E-state index in [2.05, 4.69) is 0 Å². The third kappa shape index (κ3) is 4.78. The van der Waals surface area contributed by atoms with E-state index in [0.29, 0.717) is 6.61 Å². The van der Waals surface area contributed by atoms with Crippen LogP contribution < -0.4 is 0 Å². The molecule has 11 heavy (non-hydrogen) atoms. The van der Waals surface area contributed by atoms with E-state index in [4.69, 9.17) is 4.74 Å². The second-order valence-electron chi connectivity index (χ2n) is 3.42. The fourth-order valence-corrected chi connectivity index (χ4v) is 0.953. The zero-order valence-electron chi connectivity index (χ0n) is 7.68. The molecule has 0 amide bonds. The highest BCUT2D eigenvalue weighted by atomic mass is 28.3. The lowest BCUT2D eigenvalue weighted by Crippen LogP contribution is -2.33. The maximum atomic E-state index is 11.1. The normalized spacial score (nSPS) is 12.0. The maximum Gasteiger partial charge on any atom is 0.271 e. The minimum Gasteiger partial charge on any atom is -0.466 e. The molecule has 64 valence electrons. The van der Waals surface area contributed by atoms with Gasteiger partial charge in [0.1, 0.15) is 6.61 Å². The van der Waals surface area contributed by atoms with E-state index in [9.17, 15) is 4.79 Å².